The lowest BCUT2D eigenvalue weighted by molar-refractivity contribution is -0.137. The van der Waals surface area contributed by atoms with Crippen molar-refractivity contribution in [3.8, 4) is 11.5 Å². The van der Waals surface area contributed by atoms with Gasteiger partial charge in [-0.2, -0.15) is 0 Å². The lowest BCUT2D eigenvalue weighted by Gasteiger charge is -2.26. The molecule has 0 radical (unpaired) electrons. The maximum atomic E-state index is 12.2. The van der Waals surface area contributed by atoms with Gasteiger partial charge in [-0.15, -0.1) is 0 Å². The molecule has 2 atom stereocenters. The fourth-order valence-electron chi connectivity index (χ4n) is 4.14. The molecule has 1 fully saturated rings. The molecular weight excluding hydrogens is 374 g/mol. The van der Waals surface area contributed by atoms with E-state index < -0.39 is 12.1 Å². The van der Waals surface area contributed by atoms with Crippen LogP contribution in [0.15, 0.2) is 18.2 Å². The molecule has 0 spiro atoms. The maximum absolute atomic E-state index is 12.2. The van der Waals surface area contributed by atoms with Gasteiger partial charge < -0.3 is 24.6 Å². The number of aliphatic carboxylic acids is 1. The standard InChI is InChI=1S/C22H31NO6/c24-18(13-16-6-10-19-20(14-16)29-15-28-19)9-7-17-8-11-21(25)23(17)12-4-2-1-3-5-22(26)27/h6,10,14,17-18,24H,1-5,7-9,11-13,15H2,(H,26,27). The topological polar surface area (TPSA) is 96.3 Å². The number of rotatable bonds is 12. The number of aliphatic hydroxyl groups is 1. The van der Waals surface area contributed by atoms with Gasteiger partial charge in [0.25, 0.3) is 0 Å². The fraction of sp³-hybridized carbons (Fsp3) is 0.636. The number of aliphatic hydroxyl groups excluding tert-OH is 1. The van der Waals surface area contributed by atoms with Gasteiger partial charge in [-0.1, -0.05) is 18.9 Å². The van der Waals surface area contributed by atoms with Crippen LogP contribution in [-0.2, 0) is 16.0 Å². The summed E-state index contributed by atoms with van der Waals surface area (Å²) >= 11 is 0. The highest BCUT2D eigenvalue weighted by Gasteiger charge is 2.30. The number of nitrogens with zero attached hydrogens (tertiary/aromatic N) is 1. The largest absolute Gasteiger partial charge is 0.481 e. The molecule has 160 valence electrons. The average molecular weight is 405 g/mol. The van der Waals surface area contributed by atoms with Gasteiger partial charge in [0.15, 0.2) is 11.5 Å². The van der Waals surface area contributed by atoms with Crippen LogP contribution in [-0.4, -0.2) is 52.5 Å². The Morgan fingerprint density at radius 3 is 2.79 bits per heavy atom. The number of carboxylic acids is 1. The summed E-state index contributed by atoms with van der Waals surface area (Å²) in [6.07, 6.45) is 6.63. The molecule has 0 saturated carbocycles. The first-order valence-corrected chi connectivity index (χ1v) is 10.6. The molecule has 0 aliphatic carbocycles. The SMILES string of the molecule is O=C(O)CCCCCCN1C(=O)CCC1CCC(O)Cc1ccc2c(c1)OCO2. The summed E-state index contributed by atoms with van der Waals surface area (Å²) in [5, 5.41) is 19.1. The molecule has 2 heterocycles. The Hall–Kier alpha value is -2.28. The summed E-state index contributed by atoms with van der Waals surface area (Å²) in [4.78, 5) is 24.7. The van der Waals surface area contributed by atoms with Crippen LogP contribution in [0.4, 0.5) is 0 Å². The fourth-order valence-corrected chi connectivity index (χ4v) is 4.14. The van der Waals surface area contributed by atoms with E-state index in [4.69, 9.17) is 14.6 Å². The zero-order chi connectivity index (χ0) is 20.6. The number of benzene rings is 1. The van der Waals surface area contributed by atoms with Crippen LogP contribution in [0.2, 0.25) is 0 Å². The lowest BCUT2D eigenvalue weighted by atomic mass is 10.00. The Kier molecular flexibility index (Phi) is 7.75. The Labute approximate surface area is 171 Å². The van der Waals surface area contributed by atoms with Gasteiger partial charge in [0.05, 0.1) is 6.10 Å². The van der Waals surface area contributed by atoms with E-state index >= 15 is 0 Å². The molecule has 7 heteroatoms. The van der Waals surface area contributed by atoms with E-state index in [0.717, 1.165) is 55.7 Å². The van der Waals surface area contributed by atoms with Crippen molar-refractivity contribution in [1.82, 2.24) is 4.90 Å². The van der Waals surface area contributed by atoms with Gasteiger partial charge in [-0.25, -0.2) is 0 Å². The van der Waals surface area contributed by atoms with Crippen molar-refractivity contribution >= 4 is 11.9 Å². The molecule has 1 aromatic rings. The molecule has 2 aliphatic rings. The number of carbonyl (C=O) groups excluding carboxylic acids is 1. The second-order valence-electron chi connectivity index (χ2n) is 7.96. The van der Waals surface area contributed by atoms with Gasteiger partial charge in [0, 0.05) is 25.4 Å². The Balaban J connectivity index is 1.38. The second kappa shape index (κ2) is 10.5. The highest BCUT2D eigenvalue weighted by molar-refractivity contribution is 5.78. The van der Waals surface area contributed by atoms with E-state index in [9.17, 15) is 14.7 Å². The molecule has 0 bridgehead atoms. The highest BCUT2D eigenvalue weighted by Crippen LogP contribution is 2.33. The first-order valence-electron chi connectivity index (χ1n) is 10.6. The van der Waals surface area contributed by atoms with Crippen LogP contribution in [0.1, 0.15) is 63.4 Å². The summed E-state index contributed by atoms with van der Waals surface area (Å²) < 4.78 is 10.7. The van der Waals surface area contributed by atoms with Crippen molar-refractivity contribution in [1.29, 1.82) is 0 Å². The van der Waals surface area contributed by atoms with Crippen molar-refractivity contribution in [2.45, 2.75) is 76.4 Å². The molecule has 29 heavy (non-hydrogen) atoms. The van der Waals surface area contributed by atoms with Gasteiger partial charge in [-0.3, -0.25) is 9.59 Å². The lowest BCUT2D eigenvalue weighted by Crippen LogP contribution is -2.34. The van der Waals surface area contributed by atoms with Gasteiger partial charge in [0.2, 0.25) is 12.7 Å². The number of carbonyl (C=O) groups is 2. The van der Waals surface area contributed by atoms with Crippen molar-refractivity contribution in [2.24, 2.45) is 0 Å². The summed E-state index contributed by atoms with van der Waals surface area (Å²) in [5.41, 5.74) is 1.02. The molecule has 0 aromatic heterocycles. The van der Waals surface area contributed by atoms with Gasteiger partial charge in [0.1, 0.15) is 0 Å². The first-order chi connectivity index (χ1) is 14.0. The molecule has 2 N–H and O–H groups in total. The van der Waals surface area contributed by atoms with E-state index in [1.807, 2.05) is 23.1 Å². The van der Waals surface area contributed by atoms with Crippen LogP contribution in [0.3, 0.4) is 0 Å². The maximum Gasteiger partial charge on any atom is 0.303 e. The number of carboxylic acid groups (broad SMARTS) is 1. The van der Waals surface area contributed by atoms with Crippen LogP contribution in [0.5, 0.6) is 11.5 Å². The van der Waals surface area contributed by atoms with Crippen LogP contribution >= 0.6 is 0 Å². The molecule has 1 aromatic carbocycles. The van der Waals surface area contributed by atoms with Crippen molar-refractivity contribution < 1.29 is 29.3 Å². The highest BCUT2D eigenvalue weighted by atomic mass is 16.7. The summed E-state index contributed by atoms with van der Waals surface area (Å²) in [6, 6.07) is 5.94. The second-order valence-corrected chi connectivity index (χ2v) is 7.96. The van der Waals surface area contributed by atoms with E-state index in [0.29, 0.717) is 25.7 Å². The minimum atomic E-state index is -0.751. The third-order valence-corrected chi connectivity index (χ3v) is 5.73. The predicted molar refractivity (Wildman–Crippen MR) is 107 cm³/mol. The number of unbranched alkanes of at least 4 members (excludes halogenated alkanes) is 3. The third-order valence-electron chi connectivity index (χ3n) is 5.73. The number of ether oxygens (including phenoxy) is 2. The number of amides is 1. The summed E-state index contributed by atoms with van der Waals surface area (Å²) in [5.74, 6) is 0.918. The molecule has 3 rings (SSSR count). The van der Waals surface area contributed by atoms with Crippen molar-refractivity contribution in [3.05, 3.63) is 23.8 Å². The minimum absolute atomic E-state index is 0.200. The Morgan fingerprint density at radius 1 is 1.17 bits per heavy atom. The van der Waals surface area contributed by atoms with E-state index in [1.165, 1.54) is 0 Å². The average Bonchev–Trinajstić information content (AvgIpc) is 3.29. The third kappa shape index (κ3) is 6.35. The first kappa shape index (κ1) is 21.4. The van der Waals surface area contributed by atoms with Crippen LogP contribution in [0.25, 0.3) is 0 Å². The normalized spacial score (nSPS) is 19.0. The predicted octanol–water partition coefficient (Wildman–Crippen LogP) is 3.13. The molecule has 7 nitrogen and oxygen atoms in total. The van der Waals surface area contributed by atoms with E-state index in [2.05, 4.69) is 0 Å². The Bertz CT molecular complexity index is 707. The van der Waals surface area contributed by atoms with Crippen LogP contribution in [0, 0.1) is 0 Å². The molecule has 2 aliphatic heterocycles. The van der Waals surface area contributed by atoms with E-state index in [1.54, 1.807) is 0 Å². The minimum Gasteiger partial charge on any atom is -0.481 e. The van der Waals surface area contributed by atoms with Gasteiger partial charge >= 0.3 is 5.97 Å². The van der Waals surface area contributed by atoms with E-state index in [-0.39, 0.29) is 25.2 Å². The summed E-state index contributed by atoms with van der Waals surface area (Å²) in [7, 11) is 0. The number of hydrogen-bond acceptors (Lipinski definition) is 5. The number of hydrogen-bond donors (Lipinski definition) is 2. The zero-order valence-electron chi connectivity index (χ0n) is 16.8. The zero-order valence-corrected chi connectivity index (χ0v) is 16.8. The quantitative estimate of drug-likeness (QED) is 0.519. The monoisotopic (exact) mass is 405 g/mol. The number of fused-ring (bicyclic) bond motifs is 1. The smallest absolute Gasteiger partial charge is 0.303 e. The summed E-state index contributed by atoms with van der Waals surface area (Å²) in [6.45, 7) is 0.973. The van der Waals surface area contributed by atoms with Gasteiger partial charge in [-0.05, 0) is 56.2 Å². The number of likely N-dealkylation sites (tertiary alicyclic amines) is 1. The Morgan fingerprint density at radius 2 is 1.97 bits per heavy atom. The molecule has 2 unspecified atom stereocenters. The molecule has 1 amide bonds. The molecular formula is C22H31NO6. The van der Waals surface area contributed by atoms with Crippen LogP contribution < -0.4 is 9.47 Å². The van der Waals surface area contributed by atoms with Crippen molar-refractivity contribution in [2.75, 3.05) is 13.3 Å². The van der Waals surface area contributed by atoms with Crippen molar-refractivity contribution in [3.63, 3.8) is 0 Å². The molecule has 1 saturated heterocycles.